The minimum Gasteiger partial charge on any atom is -0.382 e. The molecule has 0 saturated heterocycles. The van der Waals surface area contributed by atoms with Crippen LogP contribution >= 0.6 is 23.4 Å². The number of nitrogens with one attached hydrogen (secondary N) is 2. The van der Waals surface area contributed by atoms with Crippen molar-refractivity contribution in [3.63, 3.8) is 0 Å². The van der Waals surface area contributed by atoms with Crippen LogP contribution in [0, 0.1) is 0 Å². The molecule has 0 radical (unpaired) electrons. The number of allylic oxidation sites excluding steroid dienone is 1. The van der Waals surface area contributed by atoms with Crippen molar-refractivity contribution in [2.24, 2.45) is 0 Å². The Morgan fingerprint density at radius 2 is 2.06 bits per heavy atom. The van der Waals surface area contributed by atoms with Crippen LogP contribution in [0.5, 0.6) is 0 Å². The zero-order chi connectivity index (χ0) is 25.5. The molecule has 0 aliphatic carbocycles. The second kappa shape index (κ2) is 12.0. The molecule has 0 fully saturated rings. The average Bonchev–Trinajstić information content (AvgIpc) is 3.23. The molecule has 1 atom stereocenters. The summed E-state index contributed by atoms with van der Waals surface area (Å²) < 4.78 is 5.35. The first-order valence-electron chi connectivity index (χ1n) is 10.9. The molecule has 11 heteroatoms. The van der Waals surface area contributed by atoms with Crippen molar-refractivity contribution in [3.8, 4) is 0 Å². The molecule has 1 unspecified atom stereocenters. The summed E-state index contributed by atoms with van der Waals surface area (Å²) in [4.78, 5) is 34.2. The van der Waals surface area contributed by atoms with E-state index in [0.29, 0.717) is 21.4 Å². The molecular weight excluding hydrogens is 476 g/mol. The van der Waals surface area contributed by atoms with Crippen LogP contribution < -0.4 is 16.4 Å². The van der Waals surface area contributed by atoms with Crippen molar-refractivity contribution in [3.05, 3.63) is 51.3 Å². The lowest BCUT2D eigenvalue weighted by atomic mass is 9.93. The fourth-order valence-electron chi connectivity index (χ4n) is 2.60. The smallest absolute Gasteiger partial charge is 0.272 e. The molecule has 9 nitrogen and oxygen atoms in total. The fourth-order valence-corrected chi connectivity index (χ4v) is 3.65. The quantitative estimate of drug-likeness (QED) is 0.300. The third kappa shape index (κ3) is 7.59. The predicted octanol–water partition coefficient (Wildman–Crippen LogP) is 5.08. The summed E-state index contributed by atoms with van der Waals surface area (Å²) in [5, 5.41) is 9.47. The lowest BCUT2D eigenvalue weighted by Crippen LogP contribution is -2.34. The van der Waals surface area contributed by atoms with E-state index in [0.717, 1.165) is 25.6 Å². The van der Waals surface area contributed by atoms with Crippen LogP contribution in [0.3, 0.4) is 0 Å². The summed E-state index contributed by atoms with van der Waals surface area (Å²) in [5.41, 5.74) is 5.38. The maximum atomic E-state index is 13.0. The van der Waals surface area contributed by atoms with Gasteiger partial charge >= 0.3 is 0 Å². The van der Waals surface area contributed by atoms with E-state index < -0.39 is 11.9 Å². The van der Waals surface area contributed by atoms with Crippen molar-refractivity contribution >= 4 is 46.8 Å². The molecule has 0 aliphatic heterocycles. The third-order valence-electron chi connectivity index (χ3n) is 4.71. The van der Waals surface area contributed by atoms with E-state index in [2.05, 4.69) is 39.3 Å². The van der Waals surface area contributed by atoms with Gasteiger partial charge in [-0.1, -0.05) is 81.7 Å². The van der Waals surface area contributed by atoms with E-state index in [1.54, 1.807) is 13.0 Å². The van der Waals surface area contributed by atoms with Gasteiger partial charge in [0.15, 0.2) is 11.5 Å². The molecule has 0 saturated carbocycles. The molecule has 0 bridgehead atoms. The molecule has 0 aliphatic rings. The van der Waals surface area contributed by atoms with Crippen molar-refractivity contribution in [2.75, 3.05) is 11.1 Å². The summed E-state index contributed by atoms with van der Waals surface area (Å²) in [7, 11) is 0. The number of hydrogen-bond donors (Lipinski definition) is 3. The van der Waals surface area contributed by atoms with E-state index in [-0.39, 0.29) is 27.9 Å². The molecule has 0 spiro atoms. The van der Waals surface area contributed by atoms with Crippen molar-refractivity contribution in [1.82, 2.24) is 20.4 Å². The highest BCUT2D eigenvalue weighted by Gasteiger charge is 2.23. The Morgan fingerprint density at radius 1 is 1.35 bits per heavy atom. The second-order valence-electron chi connectivity index (χ2n) is 8.68. The Kier molecular flexibility index (Phi) is 9.69. The molecule has 2 aromatic heterocycles. The third-order valence-corrected chi connectivity index (χ3v) is 6.27. The van der Waals surface area contributed by atoms with Crippen LogP contribution in [0.25, 0.3) is 0 Å². The van der Waals surface area contributed by atoms with Gasteiger partial charge in [0.05, 0.1) is 10.9 Å². The first kappa shape index (κ1) is 27.4. The van der Waals surface area contributed by atoms with Gasteiger partial charge in [-0.15, -0.1) is 0 Å². The van der Waals surface area contributed by atoms with Crippen LogP contribution in [0.2, 0.25) is 5.02 Å². The largest absolute Gasteiger partial charge is 0.382 e. The van der Waals surface area contributed by atoms with Crippen molar-refractivity contribution in [1.29, 1.82) is 0 Å². The molecule has 0 aromatic carbocycles. The van der Waals surface area contributed by atoms with E-state index >= 15 is 0 Å². The maximum absolute atomic E-state index is 13.0. The summed E-state index contributed by atoms with van der Waals surface area (Å²) in [5.74, 6) is 0.160. The Hall–Kier alpha value is -2.85. The number of nitrogens with two attached hydrogens (primary N) is 1. The van der Waals surface area contributed by atoms with E-state index in [1.807, 2.05) is 26.8 Å². The minimum atomic E-state index is -0.522. The highest BCUT2D eigenvalue weighted by Crippen LogP contribution is 2.30. The highest BCUT2D eigenvalue weighted by molar-refractivity contribution is 8.07. The standard InChI is InChI=1S/C23H31ClN6O3S/c1-7-8-9-10-15(21(31)29-17-11-16(33-30-17)23(4,5)6)34-14(3)13(2)28-22(32)19-18(24)20(25)27-12-26-19/h10-13H,3,7-9H2,1-2,4-6H3,(H,28,32)(H2,25,26,27)(H,29,30,31)/b15-10-. The molecule has 184 valence electrons. The number of carbonyl (C=O) groups is 2. The number of anilines is 2. The molecular formula is C23H31ClN6O3S. The number of nitrogens with zero attached hydrogens (tertiary/aromatic N) is 3. The first-order valence-corrected chi connectivity index (χ1v) is 12.1. The van der Waals surface area contributed by atoms with Crippen LogP contribution in [-0.2, 0) is 10.2 Å². The average molecular weight is 507 g/mol. The van der Waals surface area contributed by atoms with Gasteiger partial charge in [-0.3, -0.25) is 9.59 Å². The van der Waals surface area contributed by atoms with Crippen LogP contribution in [0.15, 0.2) is 39.4 Å². The molecule has 2 rings (SSSR count). The van der Waals surface area contributed by atoms with Gasteiger partial charge in [0.1, 0.15) is 22.9 Å². The molecule has 4 N–H and O–H groups in total. The Balaban J connectivity index is 2.10. The summed E-state index contributed by atoms with van der Waals surface area (Å²) >= 11 is 7.22. The van der Waals surface area contributed by atoms with Gasteiger partial charge < -0.3 is 20.9 Å². The number of aromatic nitrogens is 3. The number of unbranched alkanes of at least 4 members (excludes halogenated alkanes) is 2. The number of amides is 2. The van der Waals surface area contributed by atoms with E-state index in [4.69, 9.17) is 21.9 Å². The van der Waals surface area contributed by atoms with E-state index in [9.17, 15) is 9.59 Å². The van der Waals surface area contributed by atoms with Crippen LogP contribution in [-0.4, -0.2) is 33.0 Å². The molecule has 2 aromatic rings. The zero-order valence-electron chi connectivity index (χ0n) is 20.1. The number of hydrogen-bond acceptors (Lipinski definition) is 8. The molecule has 2 heterocycles. The van der Waals surface area contributed by atoms with Gasteiger partial charge in [0.2, 0.25) is 0 Å². The highest BCUT2D eigenvalue weighted by atomic mass is 35.5. The van der Waals surface area contributed by atoms with Gasteiger partial charge in [-0.2, -0.15) is 0 Å². The number of nitrogen functional groups attached to an aromatic ring is 1. The fraction of sp³-hybridized carbons (Fsp3) is 0.435. The maximum Gasteiger partial charge on any atom is 0.272 e. The van der Waals surface area contributed by atoms with Crippen molar-refractivity contribution < 1.29 is 14.1 Å². The summed E-state index contributed by atoms with van der Waals surface area (Å²) in [6, 6.07) is 1.22. The topological polar surface area (TPSA) is 136 Å². The van der Waals surface area contributed by atoms with Crippen molar-refractivity contribution in [2.45, 2.75) is 65.3 Å². The van der Waals surface area contributed by atoms with E-state index in [1.165, 1.54) is 11.8 Å². The second-order valence-corrected chi connectivity index (χ2v) is 10.2. The zero-order valence-corrected chi connectivity index (χ0v) is 21.6. The lowest BCUT2D eigenvalue weighted by molar-refractivity contribution is -0.112. The van der Waals surface area contributed by atoms with Gasteiger partial charge in [-0.25, -0.2) is 9.97 Å². The Bertz CT molecular complexity index is 1080. The van der Waals surface area contributed by atoms with Gasteiger partial charge in [0.25, 0.3) is 11.8 Å². The summed E-state index contributed by atoms with van der Waals surface area (Å²) in [6.07, 6.45) is 5.67. The van der Waals surface area contributed by atoms with Gasteiger partial charge in [-0.05, 0) is 13.3 Å². The normalized spacial score (nSPS) is 12.8. The number of halogens is 1. The molecule has 34 heavy (non-hydrogen) atoms. The predicted molar refractivity (Wildman–Crippen MR) is 137 cm³/mol. The monoisotopic (exact) mass is 506 g/mol. The number of carbonyl (C=O) groups excluding carboxylic acids is 2. The summed E-state index contributed by atoms with van der Waals surface area (Å²) in [6.45, 7) is 13.8. The van der Waals surface area contributed by atoms with Crippen LogP contribution in [0.1, 0.15) is 70.1 Å². The van der Waals surface area contributed by atoms with Gasteiger partial charge in [0, 0.05) is 16.4 Å². The SMILES string of the molecule is C=C(S/C(=C\CCCC)C(=O)Nc1cc(C(C)(C)C)on1)C(C)NC(=O)c1ncnc(N)c1Cl. The first-order chi connectivity index (χ1) is 15.9. The Morgan fingerprint density at radius 3 is 2.68 bits per heavy atom. The Labute approximate surface area is 209 Å². The molecule has 2 amide bonds. The van der Waals surface area contributed by atoms with Crippen LogP contribution in [0.4, 0.5) is 11.6 Å². The number of thioether (sulfide) groups is 1. The lowest BCUT2D eigenvalue weighted by Gasteiger charge is -2.17. The minimum absolute atomic E-state index is 0.0166. The number of rotatable bonds is 10.